The van der Waals surface area contributed by atoms with Crippen LogP contribution in [0.2, 0.25) is 0 Å². The van der Waals surface area contributed by atoms with Crippen molar-refractivity contribution in [2.45, 2.75) is 20.0 Å². The summed E-state index contributed by atoms with van der Waals surface area (Å²) in [5.74, 6) is -0.736. The second-order valence-electron chi connectivity index (χ2n) is 3.49. The highest BCUT2D eigenvalue weighted by Gasteiger charge is 2.35. The topological polar surface area (TPSA) is 50.1 Å². The quantitative estimate of drug-likeness (QED) is 0.765. The van der Waals surface area contributed by atoms with Gasteiger partial charge in [-0.2, -0.15) is 18.4 Å². The van der Waals surface area contributed by atoms with E-state index < -0.39 is 23.3 Å². The van der Waals surface area contributed by atoms with E-state index in [9.17, 15) is 18.0 Å². The van der Waals surface area contributed by atoms with Crippen LogP contribution in [0.4, 0.5) is 13.2 Å². The first-order valence-corrected chi connectivity index (χ1v) is 5.11. The van der Waals surface area contributed by atoms with Crippen LogP contribution in [0, 0.1) is 18.3 Å². The highest BCUT2D eigenvalue weighted by Crippen LogP contribution is 2.34. The van der Waals surface area contributed by atoms with Crippen molar-refractivity contribution in [2.75, 3.05) is 6.61 Å². The molecule has 0 saturated heterocycles. The number of alkyl halides is 3. The van der Waals surface area contributed by atoms with Gasteiger partial charge in [-0.1, -0.05) is 0 Å². The summed E-state index contributed by atoms with van der Waals surface area (Å²) in [6.45, 7) is 2.99. The van der Waals surface area contributed by atoms with Crippen LogP contribution >= 0.6 is 0 Å². The predicted molar refractivity (Wildman–Crippen MR) is 56.9 cm³/mol. The molecule has 1 aromatic rings. The average Bonchev–Trinajstić information content (AvgIpc) is 2.27. The van der Waals surface area contributed by atoms with Gasteiger partial charge in [-0.3, -0.25) is 0 Å². The van der Waals surface area contributed by atoms with Crippen LogP contribution in [0.15, 0.2) is 12.1 Å². The summed E-state index contributed by atoms with van der Waals surface area (Å²) in [5.41, 5.74) is -1.64. The Balaban J connectivity index is 3.40. The van der Waals surface area contributed by atoms with E-state index in [1.54, 1.807) is 6.92 Å². The number of nitrogens with zero attached hydrogens (tertiary/aromatic N) is 1. The van der Waals surface area contributed by atoms with Crippen molar-refractivity contribution in [3.63, 3.8) is 0 Å². The van der Waals surface area contributed by atoms with Crippen LogP contribution in [0.1, 0.15) is 34.0 Å². The minimum absolute atomic E-state index is 0.0224. The van der Waals surface area contributed by atoms with E-state index >= 15 is 0 Å². The fourth-order valence-electron chi connectivity index (χ4n) is 1.52. The van der Waals surface area contributed by atoms with E-state index in [0.29, 0.717) is 0 Å². The molecule has 1 aromatic carbocycles. The zero-order valence-corrected chi connectivity index (χ0v) is 9.76. The van der Waals surface area contributed by atoms with Gasteiger partial charge in [0.1, 0.15) is 6.07 Å². The van der Waals surface area contributed by atoms with Gasteiger partial charge in [0.15, 0.2) is 0 Å². The summed E-state index contributed by atoms with van der Waals surface area (Å²) in [6.07, 6.45) is -4.62. The molecule has 0 aliphatic carbocycles. The number of hydrogen-bond acceptors (Lipinski definition) is 3. The molecule has 3 nitrogen and oxygen atoms in total. The second-order valence-corrected chi connectivity index (χ2v) is 3.49. The van der Waals surface area contributed by atoms with E-state index in [2.05, 4.69) is 0 Å². The standard InChI is InChI=1S/C12H10F3NO2/c1-3-18-11(17)8-4-5-10(12(13,14)15)9(6-16)7(8)2/h4-5H,3H2,1-2H3. The summed E-state index contributed by atoms with van der Waals surface area (Å²) < 4.78 is 42.6. The molecule has 0 heterocycles. The van der Waals surface area contributed by atoms with Crippen LogP contribution in [-0.4, -0.2) is 12.6 Å². The number of rotatable bonds is 2. The zero-order valence-electron chi connectivity index (χ0n) is 9.76. The molecule has 0 aliphatic rings. The van der Waals surface area contributed by atoms with E-state index in [-0.39, 0.29) is 17.7 Å². The van der Waals surface area contributed by atoms with Gasteiger partial charge in [0.05, 0.1) is 23.3 Å². The first-order chi connectivity index (χ1) is 8.32. The minimum Gasteiger partial charge on any atom is -0.462 e. The lowest BCUT2D eigenvalue weighted by Crippen LogP contribution is -2.13. The van der Waals surface area contributed by atoms with Crippen molar-refractivity contribution in [3.05, 3.63) is 34.4 Å². The third kappa shape index (κ3) is 2.62. The average molecular weight is 257 g/mol. The van der Waals surface area contributed by atoms with Gasteiger partial charge in [0, 0.05) is 0 Å². The van der Waals surface area contributed by atoms with E-state index in [0.717, 1.165) is 12.1 Å². The molecule has 1 rings (SSSR count). The number of nitriles is 1. The lowest BCUT2D eigenvalue weighted by molar-refractivity contribution is -0.137. The lowest BCUT2D eigenvalue weighted by Gasteiger charge is -2.13. The normalized spacial score (nSPS) is 10.9. The molecule has 0 saturated carbocycles. The molecule has 6 heteroatoms. The number of hydrogen-bond donors (Lipinski definition) is 0. The first kappa shape index (κ1) is 14.0. The zero-order chi connectivity index (χ0) is 13.9. The van der Waals surface area contributed by atoms with Gasteiger partial charge in [0.2, 0.25) is 0 Å². The Morgan fingerprint density at radius 3 is 2.50 bits per heavy atom. The van der Waals surface area contributed by atoms with E-state index in [4.69, 9.17) is 10.00 Å². The van der Waals surface area contributed by atoms with Crippen LogP contribution < -0.4 is 0 Å². The highest BCUT2D eigenvalue weighted by molar-refractivity contribution is 5.92. The number of carbonyl (C=O) groups excluding carboxylic acids is 1. The van der Waals surface area contributed by atoms with Gasteiger partial charge in [0.25, 0.3) is 0 Å². The molecule has 0 unspecified atom stereocenters. The van der Waals surface area contributed by atoms with Crippen molar-refractivity contribution < 1.29 is 22.7 Å². The summed E-state index contributed by atoms with van der Waals surface area (Å²) in [6, 6.07) is 3.22. The molecule has 0 radical (unpaired) electrons. The minimum atomic E-state index is -4.62. The number of halogens is 3. The number of carbonyl (C=O) groups is 1. The van der Waals surface area contributed by atoms with Gasteiger partial charge >= 0.3 is 12.1 Å². The smallest absolute Gasteiger partial charge is 0.417 e. The van der Waals surface area contributed by atoms with Gasteiger partial charge in [-0.05, 0) is 31.5 Å². The predicted octanol–water partition coefficient (Wildman–Crippen LogP) is 3.06. The molecular formula is C12H10F3NO2. The molecular weight excluding hydrogens is 247 g/mol. The number of ether oxygens (including phenoxy) is 1. The Morgan fingerprint density at radius 1 is 1.44 bits per heavy atom. The summed E-state index contributed by atoms with van der Waals surface area (Å²) >= 11 is 0. The third-order valence-electron chi connectivity index (χ3n) is 2.38. The second kappa shape index (κ2) is 5.08. The van der Waals surface area contributed by atoms with Gasteiger partial charge < -0.3 is 4.74 Å². The molecule has 0 N–H and O–H groups in total. The molecule has 0 aliphatic heterocycles. The third-order valence-corrected chi connectivity index (χ3v) is 2.38. The molecule has 96 valence electrons. The van der Waals surface area contributed by atoms with Gasteiger partial charge in [-0.25, -0.2) is 4.79 Å². The maximum absolute atomic E-state index is 12.6. The van der Waals surface area contributed by atoms with Crippen LogP contribution in [0.5, 0.6) is 0 Å². The van der Waals surface area contributed by atoms with E-state index in [1.807, 2.05) is 0 Å². The summed E-state index contributed by atoms with van der Waals surface area (Å²) in [4.78, 5) is 11.5. The molecule has 0 bridgehead atoms. The Hall–Kier alpha value is -2.03. The van der Waals surface area contributed by atoms with E-state index in [1.165, 1.54) is 13.0 Å². The summed E-state index contributed by atoms with van der Waals surface area (Å²) in [7, 11) is 0. The monoisotopic (exact) mass is 257 g/mol. The van der Waals surface area contributed by atoms with Crippen molar-refractivity contribution in [2.24, 2.45) is 0 Å². The maximum Gasteiger partial charge on any atom is 0.417 e. The Labute approximate surface area is 102 Å². The molecule has 0 aromatic heterocycles. The van der Waals surface area contributed by atoms with Crippen molar-refractivity contribution in [3.8, 4) is 6.07 Å². The Bertz CT molecular complexity index is 515. The van der Waals surface area contributed by atoms with Crippen LogP contribution in [0.25, 0.3) is 0 Å². The van der Waals surface area contributed by atoms with Crippen molar-refractivity contribution in [1.29, 1.82) is 5.26 Å². The number of benzene rings is 1. The molecule has 0 atom stereocenters. The Kier molecular flexibility index (Phi) is 3.96. The summed E-state index contributed by atoms with van der Waals surface area (Å²) in [5, 5.41) is 8.80. The molecule has 0 fully saturated rings. The number of esters is 1. The van der Waals surface area contributed by atoms with Crippen molar-refractivity contribution >= 4 is 5.97 Å². The van der Waals surface area contributed by atoms with Crippen LogP contribution in [0.3, 0.4) is 0 Å². The SMILES string of the molecule is CCOC(=O)c1ccc(C(F)(F)F)c(C#N)c1C. The lowest BCUT2D eigenvalue weighted by atomic mass is 9.97. The fourth-order valence-corrected chi connectivity index (χ4v) is 1.52. The fraction of sp³-hybridized carbons (Fsp3) is 0.333. The highest BCUT2D eigenvalue weighted by atomic mass is 19.4. The van der Waals surface area contributed by atoms with Crippen LogP contribution in [-0.2, 0) is 10.9 Å². The maximum atomic E-state index is 12.6. The van der Waals surface area contributed by atoms with Gasteiger partial charge in [-0.15, -0.1) is 0 Å². The Morgan fingerprint density at radius 2 is 2.06 bits per heavy atom. The molecule has 0 amide bonds. The largest absolute Gasteiger partial charge is 0.462 e. The van der Waals surface area contributed by atoms with Crippen molar-refractivity contribution in [1.82, 2.24) is 0 Å². The first-order valence-electron chi connectivity index (χ1n) is 5.11. The molecule has 18 heavy (non-hydrogen) atoms. The molecule has 0 spiro atoms.